The summed E-state index contributed by atoms with van der Waals surface area (Å²) < 4.78 is 36.6. The Morgan fingerprint density at radius 2 is 1.91 bits per heavy atom. The van der Waals surface area contributed by atoms with E-state index < -0.39 is 18.6 Å². The number of halogens is 3. The third-order valence-corrected chi connectivity index (χ3v) is 3.52. The monoisotopic (exact) mass is 326 g/mol. The molecular formula is C16H17F3N2O2. The predicted octanol–water partition coefficient (Wildman–Crippen LogP) is 3.27. The Morgan fingerprint density at radius 1 is 1.17 bits per heavy atom. The lowest BCUT2D eigenvalue weighted by Crippen LogP contribution is -2.34. The van der Waals surface area contributed by atoms with E-state index in [1.807, 2.05) is 12.2 Å². The van der Waals surface area contributed by atoms with Crippen LogP contribution >= 0.6 is 0 Å². The molecule has 1 atom stereocenters. The lowest BCUT2D eigenvalue weighted by Gasteiger charge is -2.18. The zero-order chi connectivity index (χ0) is 16.9. The first-order valence-corrected chi connectivity index (χ1v) is 7.26. The first-order valence-electron chi connectivity index (χ1n) is 7.26. The van der Waals surface area contributed by atoms with Crippen molar-refractivity contribution in [1.82, 2.24) is 5.32 Å². The molecule has 0 fully saturated rings. The van der Waals surface area contributed by atoms with Crippen LogP contribution in [0.4, 0.5) is 18.9 Å². The van der Waals surface area contributed by atoms with Crippen LogP contribution in [0.2, 0.25) is 0 Å². The number of carbonyl (C=O) groups is 2. The van der Waals surface area contributed by atoms with Gasteiger partial charge in [-0.25, -0.2) is 0 Å². The number of para-hydroxylation sites is 1. The van der Waals surface area contributed by atoms with Crippen LogP contribution in [-0.4, -0.2) is 24.5 Å². The highest BCUT2D eigenvalue weighted by Crippen LogP contribution is 2.22. The summed E-state index contributed by atoms with van der Waals surface area (Å²) >= 11 is 0. The average Bonchev–Trinajstić information content (AvgIpc) is 2.53. The Morgan fingerprint density at radius 3 is 2.57 bits per heavy atom. The maximum absolute atomic E-state index is 12.2. The van der Waals surface area contributed by atoms with Crippen molar-refractivity contribution < 1.29 is 22.8 Å². The molecule has 1 aromatic rings. The van der Waals surface area contributed by atoms with Gasteiger partial charge in [-0.1, -0.05) is 24.3 Å². The van der Waals surface area contributed by atoms with Crippen LogP contribution in [-0.2, 0) is 4.79 Å². The standard InChI is InChI=1S/C16H17F3N2O2/c17-16(18,19)10-20-15(23)12-8-4-5-9-13(12)21-14(22)11-6-2-1-3-7-11/h1-2,4-5,8-9,11H,3,6-7,10H2,(H,20,23)(H,21,22)/t11-/m0/s1. The molecule has 1 aromatic carbocycles. The third kappa shape index (κ3) is 5.12. The van der Waals surface area contributed by atoms with Gasteiger partial charge in [-0.2, -0.15) is 13.2 Å². The summed E-state index contributed by atoms with van der Waals surface area (Å²) in [7, 11) is 0. The van der Waals surface area contributed by atoms with Crippen LogP contribution in [0.5, 0.6) is 0 Å². The summed E-state index contributed by atoms with van der Waals surface area (Å²) in [6.07, 6.45) is 1.59. The summed E-state index contributed by atoms with van der Waals surface area (Å²) in [6, 6.07) is 6.01. The first-order chi connectivity index (χ1) is 10.9. The number of hydrogen-bond acceptors (Lipinski definition) is 2. The van der Waals surface area contributed by atoms with E-state index in [0.717, 1.165) is 6.42 Å². The maximum Gasteiger partial charge on any atom is 0.405 e. The van der Waals surface area contributed by atoms with Gasteiger partial charge in [-0.15, -0.1) is 0 Å². The van der Waals surface area contributed by atoms with E-state index in [2.05, 4.69) is 5.32 Å². The number of alkyl halides is 3. The number of hydrogen-bond donors (Lipinski definition) is 2. The molecular weight excluding hydrogens is 309 g/mol. The lowest BCUT2D eigenvalue weighted by atomic mass is 9.93. The van der Waals surface area contributed by atoms with Crippen molar-refractivity contribution in [3.8, 4) is 0 Å². The van der Waals surface area contributed by atoms with E-state index in [1.54, 1.807) is 11.4 Å². The van der Waals surface area contributed by atoms with Crippen LogP contribution in [0.1, 0.15) is 29.6 Å². The SMILES string of the molecule is O=C(NCC(F)(F)F)c1ccccc1NC(=O)[C@H]1CC=CCC1. The molecule has 1 aliphatic carbocycles. The third-order valence-electron chi connectivity index (χ3n) is 3.52. The minimum absolute atomic E-state index is 0.0106. The summed E-state index contributed by atoms with van der Waals surface area (Å²) in [5.41, 5.74) is 0.225. The normalized spacial score (nSPS) is 17.6. The summed E-state index contributed by atoms with van der Waals surface area (Å²) in [5.74, 6) is -1.29. The van der Waals surface area contributed by atoms with Gasteiger partial charge in [-0.3, -0.25) is 9.59 Å². The second-order valence-corrected chi connectivity index (χ2v) is 5.31. The van der Waals surface area contributed by atoms with E-state index in [9.17, 15) is 22.8 Å². The van der Waals surface area contributed by atoms with E-state index in [0.29, 0.717) is 12.8 Å². The molecule has 2 N–H and O–H groups in total. The largest absolute Gasteiger partial charge is 0.405 e. The Labute approximate surface area is 131 Å². The molecule has 0 radical (unpaired) electrons. The van der Waals surface area contributed by atoms with Crippen LogP contribution in [0.3, 0.4) is 0 Å². The molecule has 0 saturated carbocycles. The number of allylic oxidation sites excluding steroid dienone is 2. The molecule has 2 rings (SSSR count). The molecule has 7 heteroatoms. The minimum atomic E-state index is -4.48. The number of carbonyl (C=O) groups excluding carboxylic acids is 2. The Bertz CT molecular complexity index is 612. The molecule has 1 aliphatic rings. The fraction of sp³-hybridized carbons (Fsp3) is 0.375. The Kier molecular flexibility index (Phi) is 5.41. The van der Waals surface area contributed by atoms with Crippen LogP contribution in [0.25, 0.3) is 0 Å². The predicted molar refractivity (Wildman–Crippen MR) is 79.9 cm³/mol. The molecule has 0 aromatic heterocycles. The van der Waals surface area contributed by atoms with Crippen molar-refractivity contribution in [1.29, 1.82) is 0 Å². The van der Waals surface area contributed by atoms with Crippen LogP contribution in [0, 0.1) is 5.92 Å². The van der Waals surface area contributed by atoms with Crippen LogP contribution in [0.15, 0.2) is 36.4 Å². The fourth-order valence-electron chi connectivity index (χ4n) is 2.33. The Hall–Kier alpha value is -2.31. The van der Waals surface area contributed by atoms with Gasteiger partial charge >= 0.3 is 6.18 Å². The lowest BCUT2D eigenvalue weighted by molar-refractivity contribution is -0.123. The van der Waals surface area contributed by atoms with Gasteiger partial charge in [0.1, 0.15) is 6.54 Å². The van der Waals surface area contributed by atoms with Crippen molar-refractivity contribution in [3.63, 3.8) is 0 Å². The highest BCUT2D eigenvalue weighted by molar-refractivity contribution is 6.04. The molecule has 2 amide bonds. The second kappa shape index (κ2) is 7.30. The van der Waals surface area contributed by atoms with Crippen molar-refractivity contribution in [2.45, 2.75) is 25.4 Å². The molecule has 0 saturated heterocycles. The van der Waals surface area contributed by atoms with Gasteiger partial charge in [-0.05, 0) is 31.4 Å². The van der Waals surface area contributed by atoms with Crippen LogP contribution < -0.4 is 10.6 Å². The molecule has 0 aliphatic heterocycles. The zero-order valence-electron chi connectivity index (χ0n) is 12.3. The number of benzene rings is 1. The number of rotatable bonds is 4. The Balaban J connectivity index is 2.06. The smallest absolute Gasteiger partial charge is 0.343 e. The van der Waals surface area contributed by atoms with E-state index in [-0.39, 0.29) is 23.1 Å². The van der Waals surface area contributed by atoms with Gasteiger partial charge in [0.2, 0.25) is 5.91 Å². The number of nitrogens with one attached hydrogen (secondary N) is 2. The van der Waals surface area contributed by atoms with Gasteiger partial charge in [0, 0.05) is 5.92 Å². The highest BCUT2D eigenvalue weighted by atomic mass is 19.4. The minimum Gasteiger partial charge on any atom is -0.343 e. The second-order valence-electron chi connectivity index (χ2n) is 5.31. The first kappa shape index (κ1) is 17.1. The van der Waals surface area contributed by atoms with Gasteiger partial charge in [0.05, 0.1) is 11.3 Å². The van der Waals surface area contributed by atoms with Crippen molar-refractivity contribution in [2.75, 3.05) is 11.9 Å². The summed E-state index contributed by atoms with van der Waals surface area (Å²) in [5, 5.41) is 4.45. The molecule has 4 nitrogen and oxygen atoms in total. The van der Waals surface area contributed by atoms with E-state index in [1.165, 1.54) is 18.2 Å². The molecule has 0 spiro atoms. The molecule has 124 valence electrons. The molecule has 0 bridgehead atoms. The quantitative estimate of drug-likeness (QED) is 0.834. The van der Waals surface area contributed by atoms with Crippen molar-refractivity contribution in [2.24, 2.45) is 5.92 Å². The molecule has 23 heavy (non-hydrogen) atoms. The highest BCUT2D eigenvalue weighted by Gasteiger charge is 2.28. The number of anilines is 1. The average molecular weight is 326 g/mol. The fourth-order valence-corrected chi connectivity index (χ4v) is 2.33. The van der Waals surface area contributed by atoms with E-state index in [4.69, 9.17) is 0 Å². The molecule has 0 unspecified atom stereocenters. The zero-order valence-corrected chi connectivity index (χ0v) is 12.3. The van der Waals surface area contributed by atoms with E-state index >= 15 is 0 Å². The maximum atomic E-state index is 12.2. The van der Waals surface area contributed by atoms with Gasteiger partial charge < -0.3 is 10.6 Å². The van der Waals surface area contributed by atoms with Gasteiger partial charge in [0.15, 0.2) is 0 Å². The molecule has 0 heterocycles. The van der Waals surface area contributed by atoms with Crippen molar-refractivity contribution >= 4 is 17.5 Å². The van der Waals surface area contributed by atoms with Gasteiger partial charge in [0.25, 0.3) is 5.91 Å². The summed E-state index contributed by atoms with van der Waals surface area (Å²) in [4.78, 5) is 24.1. The van der Waals surface area contributed by atoms with Crippen molar-refractivity contribution in [3.05, 3.63) is 42.0 Å². The summed E-state index contributed by atoms with van der Waals surface area (Å²) in [6.45, 7) is -1.42. The number of amides is 2. The topological polar surface area (TPSA) is 58.2 Å².